The maximum atomic E-state index is 12.4. The maximum absolute atomic E-state index is 12.4. The van der Waals surface area contributed by atoms with Gasteiger partial charge in [-0.3, -0.25) is 5.84 Å². The molecule has 0 radical (unpaired) electrons. The summed E-state index contributed by atoms with van der Waals surface area (Å²) >= 11 is 1.43. The average Bonchev–Trinajstić information content (AvgIpc) is 2.91. The van der Waals surface area contributed by atoms with E-state index in [4.69, 9.17) is 5.84 Å². The molecule has 2 aromatic rings. The lowest BCUT2D eigenvalue weighted by molar-refractivity contribution is 0.463. The summed E-state index contributed by atoms with van der Waals surface area (Å²) in [7, 11) is -2.09. The Balaban J connectivity index is 2.31. The van der Waals surface area contributed by atoms with Crippen LogP contribution in [0, 0.1) is 0 Å². The third-order valence-corrected chi connectivity index (χ3v) is 5.10. The van der Waals surface area contributed by atoms with E-state index in [0.717, 1.165) is 0 Å². The first kappa shape index (κ1) is 13.9. The van der Waals surface area contributed by atoms with Gasteiger partial charge in [-0.15, -0.1) is 11.3 Å². The zero-order chi connectivity index (χ0) is 13.9. The Bertz CT molecular complexity index is 640. The van der Waals surface area contributed by atoms with Gasteiger partial charge < -0.3 is 5.43 Å². The number of rotatable bonds is 5. The average molecular weight is 298 g/mol. The van der Waals surface area contributed by atoms with Crippen molar-refractivity contribution < 1.29 is 8.42 Å². The molecule has 0 unspecified atom stereocenters. The van der Waals surface area contributed by atoms with Crippen LogP contribution in [0.25, 0.3) is 0 Å². The lowest BCUT2D eigenvalue weighted by atomic mass is 10.3. The maximum Gasteiger partial charge on any atom is 0.245 e. The van der Waals surface area contributed by atoms with E-state index in [1.54, 1.807) is 23.7 Å². The van der Waals surface area contributed by atoms with Crippen molar-refractivity contribution in [3.63, 3.8) is 0 Å². The standard InChI is InChI=1S/C11H14N4O2S2/c1-15(6-9-7-18-8-13-9)19(16,17)11-5-3-2-4-10(11)14-12/h2-5,7-8,14H,6,12H2,1H3. The monoisotopic (exact) mass is 298 g/mol. The number of benzene rings is 1. The minimum absolute atomic E-state index is 0.148. The molecule has 0 aliphatic rings. The fourth-order valence-corrected chi connectivity index (χ4v) is 3.45. The Morgan fingerprint density at radius 1 is 1.42 bits per heavy atom. The Morgan fingerprint density at radius 3 is 2.79 bits per heavy atom. The minimum atomic E-state index is -3.60. The molecule has 0 spiro atoms. The summed E-state index contributed by atoms with van der Waals surface area (Å²) in [5, 5.41) is 1.82. The molecular weight excluding hydrogens is 284 g/mol. The van der Waals surface area contributed by atoms with E-state index in [-0.39, 0.29) is 11.4 Å². The van der Waals surface area contributed by atoms with Gasteiger partial charge >= 0.3 is 0 Å². The Labute approximate surface area is 115 Å². The SMILES string of the molecule is CN(Cc1cscn1)S(=O)(=O)c1ccccc1NN. The summed E-state index contributed by atoms with van der Waals surface area (Å²) in [6, 6.07) is 6.50. The lowest BCUT2D eigenvalue weighted by Crippen LogP contribution is -2.27. The second-order valence-electron chi connectivity index (χ2n) is 3.88. The fraction of sp³-hybridized carbons (Fsp3) is 0.182. The third kappa shape index (κ3) is 2.92. The number of para-hydroxylation sites is 1. The minimum Gasteiger partial charge on any atom is -0.323 e. The van der Waals surface area contributed by atoms with Gasteiger partial charge in [0, 0.05) is 12.4 Å². The molecule has 0 saturated carbocycles. The molecule has 0 bridgehead atoms. The van der Waals surface area contributed by atoms with Crippen molar-refractivity contribution in [3.05, 3.63) is 40.8 Å². The number of nitrogens with zero attached hydrogens (tertiary/aromatic N) is 2. The van der Waals surface area contributed by atoms with Gasteiger partial charge in [-0.1, -0.05) is 12.1 Å². The van der Waals surface area contributed by atoms with Crippen LogP contribution in [0.3, 0.4) is 0 Å². The molecule has 8 heteroatoms. The third-order valence-electron chi connectivity index (χ3n) is 2.60. The van der Waals surface area contributed by atoms with Crippen LogP contribution in [0.15, 0.2) is 40.1 Å². The molecule has 19 heavy (non-hydrogen) atoms. The number of hydrogen-bond acceptors (Lipinski definition) is 6. The van der Waals surface area contributed by atoms with Gasteiger partial charge in [-0.25, -0.2) is 13.4 Å². The fourth-order valence-electron chi connectivity index (χ4n) is 1.61. The van der Waals surface area contributed by atoms with Gasteiger partial charge in [0.25, 0.3) is 0 Å². The van der Waals surface area contributed by atoms with Crippen LogP contribution in [-0.4, -0.2) is 24.8 Å². The predicted octanol–water partition coefficient (Wildman–Crippen LogP) is 1.25. The smallest absolute Gasteiger partial charge is 0.245 e. The van der Waals surface area contributed by atoms with E-state index in [2.05, 4.69) is 10.4 Å². The molecule has 0 aliphatic heterocycles. The molecule has 1 aromatic heterocycles. The zero-order valence-corrected chi connectivity index (χ0v) is 11.9. The van der Waals surface area contributed by atoms with Crippen LogP contribution in [0.4, 0.5) is 5.69 Å². The van der Waals surface area contributed by atoms with E-state index in [0.29, 0.717) is 11.4 Å². The first-order valence-electron chi connectivity index (χ1n) is 5.44. The van der Waals surface area contributed by atoms with E-state index in [1.807, 2.05) is 5.38 Å². The quantitative estimate of drug-likeness (QED) is 0.640. The number of nitrogens with two attached hydrogens (primary N) is 1. The molecular formula is C11H14N4O2S2. The molecule has 1 aromatic carbocycles. The van der Waals surface area contributed by atoms with E-state index in [1.165, 1.54) is 28.8 Å². The van der Waals surface area contributed by atoms with Crippen LogP contribution in [0.1, 0.15) is 5.69 Å². The summed E-state index contributed by atoms with van der Waals surface area (Å²) in [6.45, 7) is 0.227. The van der Waals surface area contributed by atoms with Crippen molar-refractivity contribution in [3.8, 4) is 0 Å². The highest BCUT2D eigenvalue weighted by Crippen LogP contribution is 2.23. The second kappa shape index (κ2) is 5.66. The lowest BCUT2D eigenvalue weighted by Gasteiger charge is -2.18. The molecule has 0 saturated heterocycles. The van der Waals surface area contributed by atoms with Crippen LogP contribution in [0.5, 0.6) is 0 Å². The molecule has 0 amide bonds. The van der Waals surface area contributed by atoms with Crippen LogP contribution in [0.2, 0.25) is 0 Å². The molecule has 102 valence electrons. The van der Waals surface area contributed by atoms with Gasteiger partial charge in [-0.05, 0) is 12.1 Å². The second-order valence-corrected chi connectivity index (χ2v) is 6.61. The van der Waals surface area contributed by atoms with Crippen LogP contribution < -0.4 is 11.3 Å². The van der Waals surface area contributed by atoms with Gasteiger partial charge in [0.1, 0.15) is 4.90 Å². The van der Waals surface area contributed by atoms with Gasteiger partial charge in [0.2, 0.25) is 10.0 Å². The van der Waals surface area contributed by atoms with Gasteiger partial charge in [-0.2, -0.15) is 4.31 Å². The van der Waals surface area contributed by atoms with Crippen LogP contribution in [-0.2, 0) is 16.6 Å². The number of anilines is 1. The van der Waals surface area contributed by atoms with Crippen molar-refractivity contribution in [1.29, 1.82) is 0 Å². The number of hydrazine groups is 1. The number of nitrogen functional groups attached to an aromatic ring is 1. The molecule has 0 aliphatic carbocycles. The Hall–Kier alpha value is -1.48. The molecule has 3 N–H and O–H groups in total. The highest BCUT2D eigenvalue weighted by atomic mass is 32.2. The number of hydrogen-bond donors (Lipinski definition) is 2. The van der Waals surface area contributed by atoms with E-state index < -0.39 is 10.0 Å². The number of nitrogens with one attached hydrogen (secondary N) is 1. The molecule has 2 rings (SSSR count). The first-order chi connectivity index (χ1) is 9.05. The first-order valence-corrected chi connectivity index (χ1v) is 7.83. The van der Waals surface area contributed by atoms with Crippen molar-refractivity contribution in [1.82, 2.24) is 9.29 Å². The summed E-state index contributed by atoms with van der Waals surface area (Å²) in [5.41, 5.74) is 5.15. The van der Waals surface area contributed by atoms with Crippen molar-refractivity contribution in [2.45, 2.75) is 11.4 Å². The highest BCUT2D eigenvalue weighted by molar-refractivity contribution is 7.89. The van der Waals surface area contributed by atoms with Crippen molar-refractivity contribution >= 4 is 27.0 Å². The number of thiazole rings is 1. The Morgan fingerprint density at radius 2 is 2.16 bits per heavy atom. The molecule has 6 nitrogen and oxygen atoms in total. The summed E-state index contributed by atoms with van der Waals surface area (Å²) < 4.78 is 26.1. The van der Waals surface area contributed by atoms with Gasteiger partial charge in [0.15, 0.2) is 0 Å². The van der Waals surface area contributed by atoms with Crippen LogP contribution >= 0.6 is 11.3 Å². The largest absolute Gasteiger partial charge is 0.323 e. The zero-order valence-electron chi connectivity index (χ0n) is 10.3. The number of sulfonamides is 1. The molecule has 0 atom stereocenters. The molecule has 0 fully saturated rings. The van der Waals surface area contributed by atoms with E-state index >= 15 is 0 Å². The highest BCUT2D eigenvalue weighted by Gasteiger charge is 2.24. The summed E-state index contributed by atoms with van der Waals surface area (Å²) in [6.07, 6.45) is 0. The Kier molecular flexibility index (Phi) is 4.15. The van der Waals surface area contributed by atoms with E-state index in [9.17, 15) is 8.42 Å². The molecule has 1 heterocycles. The summed E-state index contributed by atoms with van der Waals surface area (Å²) in [5.74, 6) is 5.34. The topological polar surface area (TPSA) is 88.3 Å². The van der Waals surface area contributed by atoms with Crippen molar-refractivity contribution in [2.75, 3.05) is 12.5 Å². The summed E-state index contributed by atoms with van der Waals surface area (Å²) in [4.78, 5) is 4.23. The normalized spacial score (nSPS) is 11.7. The predicted molar refractivity (Wildman–Crippen MR) is 75.0 cm³/mol. The van der Waals surface area contributed by atoms with Crippen molar-refractivity contribution in [2.24, 2.45) is 5.84 Å². The van der Waals surface area contributed by atoms with Gasteiger partial charge in [0.05, 0.1) is 23.4 Å². The number of aromatic nitrogens is 1.